The Morgan fingerprint density at radius 2 is 2.23 bits per heavy atom. The lowest BCUT2D eigenvalue weighted by Gasteiger charge is -2.17. The molecule has 0 unspecified atom stereocenters. The first-order chi connectivity index (χ1) is 6.17. The van der Waals surface area contributed by atoms with Gasteiger partial charge in [0, 0.05) is 0 Å². The van der Waals surface area contributed by atoms with E-state index >= 15 is 0 Å². The third kappa shape index (κ3) is 4.27. The van der Waals surface area contributed by atoms with Crippen molar-refractivity contribution in [3.63, 3.8) is 0 Å². The molecule has 0 aliphatic rings. The molecule has 0 fully saturated rings. The molecular formula is C10H17O2Si. The van der Waals surface area contributed by atoms with Gasteiger partial charge in [0.2, 0.25) is 0 Å². The number of hydrogen-bond donors (Lipinski definition) is 0. The Hall–Kier alpha value is -0.573. The lowest BCUT2D eigenvalue weighted by atomic mass is 9.90. The maximum atomic E-state index is 11.2. The monoisotopic (exact) mass is 197 g/mol. The normalized spacial score (nSPS) is 15.7. The number of carbonyl (C=O) groups is 1. The molecule has 0 saturated carbocycles. The summed E-state index contributed by atoms with van der Waals surface area (Å²) < 4.78 is 4.52. The van der Waals surface area contributed by atoms with Crippen molar-refractivity contribution in [1.29, 1.82) is 0 Å². The van der Waals surface area contributed by atoms with Gasteiger partial charge < -0.3 is 4.43 Å². The predicted molar refractivity (Wildman–Crippen MR) is 54.2 cm³/mol. The number of allylic oxidation sites excluding steroid dienone is 2. The van der Waals surface area contributed by atoms with Gasteiger partial charge in [0.05, 0.1) is 5.92 Å². The Morgan fingerprint density at radius 3 is 2.62 bits per heavy atom. The number of carbonyl (C=O) groups excluding carboxylic acids is 1. The maximum Gasteiger partial charge on any atom is 0.345 e. The first-order valence-electron chi connectivity index (χ1n) is 4.67. The van der Waals surface area contributed by atoms with E-state index in [-0.39, 0.29) is 11.9 Å². The molecule has 0 aliphatic heterocycles. The van der Waals surface area contributed by atoms with E-state index in [9.17, 15) is 4.79 Å². The minimum absolute atomic E-state index is 0.0753. The Morgan fingerprint density at radius 1 is 1.62 bits per heavy atom. The Labute approximate surface area is 83.9 Å². The lowest BCUT2D eigenvalue weighted by molar-refractivity contribution is -0.139. The van der Waals surface area contributed by atoms with Gasteiger partial charge in [0.25, 0.3) is 5.97 Å². The van der Waals surface area contributed by atoms with Crippen molar-refractivity contribution in [2.24, 2.45) is 11.8 Å². The zero-order chi connectivity index (χ0) is 10.3. The van der Waals surface area contributed by atoms with Crippen LogP contribution in [0.2, 0.25) is 0 Å². The van der Waals surface area contributed by atoms with Crippen molar-refractivity contribution in [1.82, 2.24) is 0 Å². The van der Waals surface area contributed by atoms with E-state index in [2.05, 4.69) is 27.9 Å². The zero-order valence-corrected chi connectivity index (χ0v) is 9.54. The van der Waals surface area contributed by atoms with Crippen LogP contribution in [0.5, 0.6) is 0 Å². The maximum absolute atomic E-state index is 11.2. The third-order valence-electron chi connectivity index (χ3n) is 2.18. The van der Waals surface area contributed by atoms with Gasteiger partial charge in [0.15, 0.2) is 0 Å². The van der Waals surface area contributed by atoms with Crippen LogP contribution in [-0.4, -0.2) is 16.5 Å². The summed E-state index contributed by atoms with van der Waals surface area (Å²) in [6.45, 7) is 5.97. The van der Waals surface area contributed by atoms with Crippen molar-refractivity contribution in [2.45, 2.75) is 33.6 Å². The van der Waals surface area contributed by atoms with E-state index in [4.69, 9.17) is 0 Å². The van der Waals surface area contributed by atoms with E-state index < -0.39 is 0 Å². The minimum Gasteiger partial charge on any atom is -0.516 e. The van der Waals surface area contributed by atoms with Crippen LogP contribution in [0.4, 0.5) is 0 Å². The fourth-order valence-electron chi connectivity index (χ4n) is 1.36. The molecule has 0 spiro atoms. The molecule has 0 heterocycles. The Balaban J connectivity index is 4.26. The summed E-state index contributed by atoms with van der Waals surface area (Å²) in [5.74, 6) is 0.0146. The van der Waals surface area contributed by atoms with Gasteiger partial charge in [-0.1, -0.05) is 32.4 Å². The van der Waals surface area contributed by atoms with Gasteiger partial charge in [-0.05, 0) is 19.3 Å². The van der Waals surface area contributed by atoms with Crippen LogP contribution < -0.4 is 0 Å². The molecule has 13 heavy (non-hydrogen) atoms. The molecule has 3 radical (unpaired) electrons. The molecule has 0 aliphatic carbocycles. The lowest BCUT2D eigenvalue weighted by Crippen LogP contribution is -2.21. The quantitative estimate of drug-likeness (QED) is 0.499. The van der Waals surface area contributed by atoms with Crippen LogP contribution in [0.25, 0.3) is 0 Å². The second-order valence-corrected chi connectivity index (χ2v) is 3.39. The topological polar surface area (TPSA) is 26.3 Å². The van der Waals surface area contributed by atoms with Gasteiger partial charge >= 0.3 is 10.5 Å². The highest BCUT2D eigenvalue weighted by atomic mass is 28.2. The minimum atomic E-state index is -0.201. The van der Waals surface area contributed by atoms with E-state index in [0.29, 0.717) is 5.92 Å². The molecule has 0 aromatic heterocycles. The van der Waals surface area contributed by atoms with E-state index in [0.717, 1.165) is 12.8 Å². The van der Waals surface area contributed by atoms with Crippen LogP contribution in [0.15, 0.2) is 12.2 Å². The van der Waals surface area contributed by atoms with Crippen molar-refractivity contribution < 1.29 is 9.22 Å². The van der Waals surface area contributed by atoms with Crippen molar-refractivity contribution in [3.05, 3.63) is 12.2 Å². The van der Waals surface area contributed by atoms with Gasteiger partial charge in [-0.25, -0.2) is 0 Å². The van der Waals surface area contributed by atoms with Crippen LogP contribution in [-0.2, 0) is 9.22 Å². The molecule has 0 N–H and O–H groups in total. The molecule has 0 rings (SSSR count). The molecule has 3 heteroatoms. The second kappa shape index (κ2) is 6.89. The van der Waals surface area contributed by atoms with Crippen molar-refractivity contribution in [2.75, 3.05) is 0 Å². The molecule has 2 nitrogen and oxygen atoms in total. The van der Waals surface area contributed by atoms with Gasteiger partial charge in [0.1, 0.15) is 0 Å². The van der Waals surface area contributed by atoms with Crippen LogP contribution >= 0.6 is 0 Å². The molecule has 2 atom stereocenters. The second-order valence-electron chi connectivity index (χ2n) is 3.19. The third-order valence-corrected chi connectivity index (χ3v) is 2.38. The molecule has 0 aromatic rings. The molecule has 0 amide bonds. The van der Waals surface area contributed by atoms with Gasteiger partial charge in [-0.2, -0.15) is 0 Å². The fraction of sp³-hybridized carbons (Fsp3) is 0.700. The largest absolute Gasteiger partial charge is 0.516 e. The smallest absolute Gasteiger partial charge is 0.345 e. The fourth-order valence-corrected chi connectivity index (χ4v) is 1.55. The summed E-state index contributed by atoms with van der Waals surface area (Å²) in [5, 5.41) is 0. The summed E-state index contributed by atoms with van der Waals surface area (Å²) in [4.78, 5) is 11.2. The van der Waals surface area contributed by atoms with E-state index in [1.54, 1.807) is 0 Å². The van der Waals surface area contributed by atoms with Crippen molar-refractivity contribution in [3.8, 4) is 0 Å². The summed E-state index contributed by atoms with van der Waals surface area (Å²) in [7, 11) is 2.76. The molecule has 0 bridgehead atoms. The van der Waals surface area contributed by atoms with E-state index in [1.165, 1.54) is 0 Å². The highest BCUT2D eigenvalue weighted by molar-refractivity contribution is 6.05. The average molecular weight is 197 g/mol. The van der Waals surface area contributed by atoms with Gasteiger partial charge in [-0.3, -0.25) is 4.79 Å². The Kier molecular flexibility index (Phi) is 6.59. The number of hydrogen-bond acceptors (Lipinski definition) is 2. The van der Waals surface area contributed by atoms with E-state index in [1.807, 2.05) is 19.9 Å². The predicted octanol–water partition coefficient (Wildman–Crippen LogP) is 2.24. The standard InChI is InChI=1S/C10H17O2Si/c1-4-6-9(7-5-2)8(3)10(11)12-13/h4,6,8-9H,5,7H2,1-3H3/b6-4+/t8-,9+/m1/s1. The first-order valence-corrected chi connectivity index (χ1v) is 5.08. The average Bonchev–Trinajstić information content (AvgIpc) is 2.15. The number of rotatable bonds is 5. The van der Waals surface area contributed by atoms with Crippen LogP contribution in [0.3, 0.4) is 0 Å². The SMILES string of the molecule is C/C=C/[C@@H](CCC)[C@@H](C)C(=O)O[Si]. The first kappa shape index (κ1) is 12.4. The Bertz CT molecular complexity index is 178. The highest BCUT2D eigenvalue weighted by Gasteiger charge is 2.21. The van der Waals surface area contributed by atoms with Crippen LogP contribution in [0, 0.1) is 11.8 Å². The van der Waals surface area contributed by atoms with Crippen molar-refractivity contribution >= 4 is 16.5 Å². The van der Waals surface area contributed by atoms with Gasteiger partial charge in [-0.15, -0.1) is 0 Å². The molecule has 0 saturated heterocycles. The zero-order valence-electron chi connectivity index (χ0n) is 8.54. The summed E-state index contributed by atoms with van der Waals surface area (Å²) >= 11 is 0. The molecular weight excluding hydrogens is 180 g/mol. The highest BCUT2D eigenvalue weighted by Crippen LogP contribution is 2.20. The summed E-state index contributed by atoms with van der Waals surface area (Å²) in [6.07, 6.45) is 6.15. The summed E-state index contributed by atoms with van der Waals surface area (Å²) in [5.41, 5.74) is 0. The molecule has 73 valence electrons. The molecule has 0 aromatic carbocycles. The van der Waals surface area contributed by atoms with Crippen LogP contribution in [0.1, 0.15) is 33.6 Å². The summed E-state index contributed by atoms with van der Waals surface area (Å²) in [6, 6.07) is 0.